The first kappa shape index (κ1) is 13.8. The standard InChI is InChI=1S/C14H24N2OS/c1-3-12-13(4-2)16(14(17)7-10-18)9-8-15(12)11-5-6-11/h3,11,13,18H,4-10H2,1-2H3. The van der Waals surface area contributed by atoms with E-state index in [1.54, 1.807) is 0 Å². The first-order chi connectivity index (χ1) is 8.72. The highest BCUT2D eigenvalue weighted by Crippen LogP contribution is 2.35. The SMILES string of the molecule is CC=C1C(CC)N(C(=O)CCS)CCN1C1CC1. The highest BCUT2D eigenvalue weighted by molar-refractivity contribution is 7.80. The minimum Gasteiger partial charge on any atom is -0.369 e. The number of rotatable bonds is 4. The van der Waals surface area contributed by atoms with Gasteiger partial charge in [-0.25, -0.2) is 0 Å². The van der Waals surface area contributed by atoms with Gasteiger partial charge in [0.05, 0.1) is 6.04 Å². The van der Waals surface area contributed by atoms with Gasteiger partial charge in [0, 0.05) is 31.2 Å². The van der Waals surface area contributed by atoms with Crippen molar-refractivity contribution in [2.45, 2.75) is 51.6 Å². The van der Waals surface area contributed by atoms with Gasteiger partial charge in [-0.05, 0) is 31.9 Å². The van der Waals surface area contributed by atoms with E-state index in [-0.39, 0.29) is 11.9 Å². The third kappa shape index (κ3) is 2.68. The van der Waals surface area contributed by atoms with Crippen LogP contribution >= 0.6 is 12.6 Å². The zero-order chi connectivity index (χ0) is 13.1. The van der Waals surface area contributed by atoms with E-state index in [2.05, 4.69) is 42.4 Å². The van der Waals surface area contributed by atoms with Gasteiger partial charge in [-0.2, -0.15) is 12.6 Å². The number of allylic oxidation sites excluding steroid dienone is 1. The fourth-order valence-corrected chi connectivity index (χ4v) is 3.15. The Labute approximate surface area is 116 Å². The van der Waals surface area contributed by atoms with Crippen molar-refractivity contribution in [1.82, 2.24) is 9.80 Å². The lowest BCUT2D eigenvalue weighted by molar-refractivity contribution is -0.134. The zero-order valence-corrected chi connectivity index (χ0v) is 12.3. The van der Waals surface area contributed by atoms with Crippen LogP contribution in [0.4, 0.5) is 0 Å². The lowest BCUT2D eigenvalue weighted by atomic mass is 10.0. The second-order valence-electron chi connectivity index (χ2n) is 5.12. The molecule has 0 spiro atoms. The molecule has 0 aromatic carbocycles. The van der Waals surface area contributed by atoms with Crippen molar-refractivity contribution < 1.29 is 4.79 Å². The maximum atomic E-state index is 12.2. The summed E-state index contributed by atoms with van der Waals surface area (Å²) in [4.78, 5) is 16.7. The lowest BCUT2D eigenvalue weighted by Crippen LogP contribution is -2.54. The van der Waals surface area contributed by atoms with Crippen LogP contribution in [0.15, 0.2) is 11.8 Å². The molecule has 0 N–H and O–H groups in total. The number of carbonyl (C=O) groups is 1. The van der Waals surface area contributed by atoms with Crippen LogP contribution in [0.2, 0.25) is 0 Å². The highest BCUT2D eigenvalue weighted by Gasteiger charge is 2.38. The van der Waals surface area contributed by atoms with Crippen molar-refractivity contribution in [2.24, 2.45) is 0 Å². The molecule has 2 aliphatic rings. The molecular formula is C14H24N2OS. The van der Waals surface area contributed by atoms with Crippen LogP contribution in [0.3, 0.4) is 0 Å². The highest BCUT2D eigenvalue weighted by atomic mass is 32.1. The van der Waals surface area contributed by atoms with E-state index < -0.39 is 0 Å². The Kier molecular flexibility index (Phi) is 4.60. The first-order valence-electron chi connectivity index (χ1n) is 7.06. The van der Waals surface area contributed by atoms with Crippen LogP contribution in [0, 0.1) is 0 Å². The fourth-order valence-electron chi connectivity index (χ4n) is 2.96. The molecule has 0 bridgehead atoms. The summed E-state index contributed by atoms with van der Waals surface area (Å²) in [7, 11) is 0. The van der Waals surface area contributed by atoms with Crippen LogP contribution in [0.25, 0.3) is 0 Å². The summed E-state index contributed by atoms with van der Waals surface area (Å²) in [5.41, 5.74) is 1.36. The molecule has 102 valence electrons. The largest absolute Gasteiger partial charge is 0.369 e. The fraction of sp³-hybridized carbons (Fsp3) is 0.786. The van der Waals surface area contributed by atoms with Crippen molar-refractivity contribution >= 4 is 18.5 Å². The molecule has 3 nitrogen and oxygen atoms in total. The quantitative estimate of drug-likeness (QED) is 0.791. The second-order valence-corrected chi connectivity index (χ2v) is 5.57. The molecule has 1 saturated heterocycles. The summed E-state index contributed by atoms with van der Waals surface area (Å²) < 4.78 is 0. The summed E-state index contributed by atoms with van der Waals surface area (Å²) >= 11 is 4.17. The Morgan fingerprint density at radius 2 is 2.17 bits per heavy atom. The molecule has 1 unspecified atom stereocenters. The van der Waals surface area contributed by atoms with Gasteiger partial charge in [0.15, 0.2) is 0 Å². The zero-order valence-electron chi connectivity index (χ0n) is 11.4. The summed E-state index contributed by atoms with van der Waals surface area (Å²) in [6.45, 7) is 6.14. The van der Waals surface area contributed by atoms with Gasteiger partial charge in [-0.3, -0.25) is 4.79 Å². The molecule has 1 saturated carbocycles. The molecule has 2 fully saturated rings. The molecule has 18 heavy (non-hydrogen) atoms. The second kappa shape index (κ2) is 6.00. The monoisotopic (exact) mass is 268 g/mol. The third-order valence-corrected chi connectivity index (χ3v) is 4.17. The smallest absolute Gasteiger partial charge is 0.224 e. The van der Waals surface area contributed by atoms with E-state index in [9.17, 15) is 4.79 Å². The van der Waals surface area contributed by atoms with Crippen LogP contribution in [0.1, 0.15) is 39.5 Å². The Morgan fingerprint density at radius 3 is 2.67 bits per heavy atom. The number of nitrogens with zero attached hydrogens (tertiary/aromatic N) is 2. The Hall–Kier alpha value is -0.640. The normalized spacial score (nSPS) is 26.8. The van der Waals surface area contributed by atoms with Crippen molar-refractivity contribution in [2.75, 3.05) is 18.8 Å². The van der Waals surface area contributed by atoms with Crippen LogP contribution < -0.4 is 0 Å². The number of thiol groups is 1. The Morgan fingerprint density at radius 1 is 1.44 bits per heavy atom. The van der Waals surface area contributed by atoms with Gasteiger partial charge in [-0.15, -0.1) is 0 Å². The minimum atomic E-state index is 0.256. The maximum Gasteiger partial charge on any atom is 0.224 e. The van der Waals surface area contributed by atoms with E-state index in [4.69, 9.17) is 0 Å². The molecule has 1 aliphatic heterocycles. The summed E-state index contributed by atoms with van der Waals surface area (Å²) in [6, 6.07) is 1.02. The van der Waals surface area contributed by atoms with Gasteiger partial charge in [0.25, 0.3) is 0 Å². The van der Waals surface area contributed by atoms with Crippen molar-refractivity contribution in [3.8, 4) is 0 Å². The Bertz CT molecular complexity index is 339. The molecule has 0 aromatic rings. The number of piperazine rings is 1. The number of amides is 1. The maximum absolute atomic E-state index is 12.2. The van der Waals surface area contributed by atoms with E-state index in [1.807, 2.05) is 0 Å². The van der Waals surface area contributed by atoms with Crippen LogP contribution in [-0.4, -0.2) is 46.6 Å². The van der Waals surface area contributed by atoms with Gasteiger partial charge in [-0.1, -0.05) is 13.0 Å². The molecule has 1 amide bonds. The topological polar surface area (TPSA) is 23.6 Å². The van der Waals surface area contributed by atoms with E-state index in [1.165, 1.54) is 18.5 Å². The molecule has 2 rings (SSSR count). The summed E-state index contributed by atoms with van der Waals surface area (Å²) in [6.07, 6.45) is 6.39. The average Bonchev–Trinajstić information content (AvgIpc) is 3.21. The lowest BCUT2D eigenvalue weighted by Gasteiger charge is -2.44. The van der Waals surface area contributed by atoms with E-state index in [0.717, 1.165) is 25.6 Å². The molecule has 0 aromatic heterocycles. The van der Waals surface area contributed by atoms with Gasteiger partial charge in [0.2, 0.25) is 5.91 Å². The van der Waals surface area contributed by atoms with Gasteiger partial charge >= 0.3 is 0 Å². The molecule has 1 heterocycles. The number of hydrogen-bond donors (Lipinski definition) is 1. The van der Waals surface area contributed by atoms with E-state index >= 15 is 0 Å². The number of carbonyl (C=O) groups excluding carboxylic acids is 1. The summed E-state index contributed by atoms with van der Waals surface area (Å²) in [5.74, 6) is 0.898. The molecule has 0 radical (unpaired) electrons. The Balaban J connectivity index is 2.12. The third-order valence-electron chi connectivity index (χ3n) is 3.95. The van der Waals surface area contributed by atoms with Crippen molar-refractivity contribution in [3.63, 3.8) is 0 Å². The average molecular weight is 268 g/mol. The number of hydrogen-bond acceptors (Lipinski definition) is 3. The first-order valence-corrected chi connectivity index (χ1v) is 7.69. The van der Waals surface area contributed by atoms with E-state index in [0.29, 0.717) is 12.2 Å². The summed E-state index contributed by atoms with van der Waals surface area (Å²) in [5, 5.41) is 0. The van der Waals surface area contributed by atoms with Gasteiger partial charge < -0.3 is 9.80 Å². The minimum absolute atomic E-state index is 0.256. The molecular weight excluding hydrogens is 244 g/mol. The molecule has 4 heteroatoms. The molecule has 1 atom stereocenters. The molecule has 1 aliphatic carbocycles. The van der Waals surface area contributed by atoms with Crippen LogP contribution in [0.5, 0.6) is 0 Å². The predicted molar refractivity (Wildman–Crippen MR) is 77.7 cm³/mol. The van der Waals surface area contributed by atoms with Crippen LogP contribution in [-0.2, 0) is 4.79 Å². The van der Waals surface area contributed by atoms with Gasteiger partial charge in [0.1, 0.15) is 0 Å². The predicted octanol–water partition coefficient (Wildman–Crippen LogP) is 2.30. The van der Waals surface area contributed by atoms with Crippen molar-refractivity contribution in [3.05, 3.63) is 11.8 Å². The van der Waals surface area contributed by atoms with Crippen molar-refractivity contribution in [1.29, 1.82) is 0 Å².